The molecule has 8 heteroatoms. The Balaban J connectivity index is 1.68. The first-order valence-corrected chi connectivity index (χ1v) is 8.69. The Morgan fingerprint density at radius 1 is 1.18 bits per heavy atom. The first-order valence-electron chi connectivity index (χ1n) is 8.69. The van der Waals surface area contributed by atoms with E-state index < -0.39 is 0 Å². The van der Waals surface area contributed by atoms with Crippen LogP contribution in [0.3, 0.4) is 0 Å². The van der Waals surface area contributed by atoms with Gasteiger partial charge in [0.25, 0.3) is 5.91 Å². The SMILES string of the molecule is COc1cccc([C@@H](C)NC(=O)c2cn(-c3ccc(NC(C)=O)cn3)cn2)c1. The van der Waals surface area contributed by atoms with E-state index in [0.717, 1.165) is 11.3 Å². The lowest BCUT2D eigenvalue weighted by molar-refractivity contribution is -0.114. The smallest absolute Gasteiger partial charge is 0.271 e. The fourth-order valence-corrected chi connectivity index (χ4v) is 2.65. The van der Waals surface area contributed by atoms with Crippen molar-refractivity contribution in [2.45, 2.75) is 19.9 Å². The molecule has 3 aromatic rings. The Labute approximate surface area is 162 Å². The van der Waals surface area contributed by atoms with Crippen LogP contribution in [0.5, 0.6) is 5.75 Å². The number of anilines is 1. The van der Waals surface area contributed by atoms with Crippen LogP contribution in [0, 0.1) is 0 Å². The number of aromatic nitrogens is 3. The Morgan fingerprint density at radius 2 is 2.00 bits per heavy atom. The fraction of sp³-hybridized carbons (Fsp3) is 0.200. The Morgan fingerprint density at radius 3 is 2.68 bits per heavy atom. The summed E-state index contributed by atoms with van der Waals surface area (Å²) >= 11 is 0. The number of ether oxygens (including phenoxy) is 1. The zero-order valence-electron chi connectivity index (χ0n) is 15.8. The molecule has 0 saturated heterocycles. The monoisotopic (exact) mass is 379 g/mol. The lowest BCUT2D eigenvalue weighted by atomic mass is 10.1. The number of methoxy groups -OCH3 is 1. The lowest BCUT2D eigenvalue weighted by Crippen LogP contribution is -2.26. The van der Waals surface area contributed by atoms with E-state index in [1.807, 2.05) is 31.2 Å². The van der Waals surface area contributed by atoms with Gasteiger partial charge in [-0.05, 0) is 36.8 Å². The van der Waals surface area contributed by atoms with Gasteiger partial charge in [0.1, 0.15) is 23.6 Å². The number of hydrogen-bond donors (Lipinski definition) is 2. The standard InChI is InChI=1S/C20H21N5O3/c1-13(15-5-4-6-17(9-15)28-3)23-20(27)18-11-25(12-22-18)19-8-7-16(10-21-19)24-14(2)26/h4-13H,1-3H3,(H,23,27)(H,24,26)/t13-/m1/s1. The average Bonchev–Trinajstić information content (AvgIpc) is 3.18. The highest BCUT2D eigenvalue weighted by Crippen LogP contribution is 2.19. The maximum Gasteiger partial charge on any atom is 0.271 e. The second kappa shape index (κ2) is 8.34. The molecule has 2 aromatic heterocycles. The van der Waals surface area contributed by atoms with E-state index in [-0.39, 0.29) is 23.6 Å². The van der Waals surface area contributed by atoms with Crippen LogP contribution in [0.2, 0.25) is 0 Å². The number of nitrogens with zero attached hydrogens (tertiary/aromatic N) is 3. The molecular formula is C20H21N5O3. The highest BCUT2D eigenvalue weighted by atomic mass is 16.5. The van der Waals surface area contributed by atoms with Gasteiger partial charge in [0.15, 0.2) is 0 Å². The molecule has 144 valence electrons. The zero-order chi connectivity index (χ0) is 20.1. The molecule has 28 heavy (non-hydrogen) atoms. The summed E-state index contributed by atoms with van der Waals surface area (Å²) in [5.41, 5.74) is 1.81. The molecule has 2 N–H and O–H groups in total. The number of hydrogen-bond acceptors (Lipinski definition) is 5. The van der Waals surface area contributed by atoms with Gasteiger partial charge in [-0.25, -0.2) is 9.97 Å². The normalized spacial score (nSPS) is 11.5. The van der Waals surface area contributed by atoms with Crippen LogP contribution in [0.4, 0.5) is 5.69 Å². The average molecular weight is 379 g/mol. The van der Waals surface area contributed by atoms with Gasteiger partial charge in [-0.2, -0.15) is 0 Å². The molecule has 2 heterocycles. The molecule has 0 bridgehead atoms. The summed E-state index contributed by atoms with van der Waals surface area (Å²) in [5.74, 6) is 0.864. The van der Waals surface area contributed by atoms with Crippen molar-refractivity contribution in [3.63, 3.8) is 0 Å². The van der Waals surface area contributed by atoms with Crippen molar-refractivity contribution in [2.24, 2.45) is 0 Å². The Hall–Kier alpha value is -3.68. The van der Waals surface area contributed by atoms with Crippen molar-refractivity contribution in [3.05, 3.63) is 66.4 Å². The van der Waals surface area contributed by atoms with Gasteiger partial charge in [0.2, 0.25) is 5.91 Å². The number of rotatable bonds is 6. The second-order valence-electron chi connectivity index (χ2n) is 6.22. The predicted molar refractivity (Wildman–Crippen MR) is 105 cm³/mol. The van der Waals surface area contributed by atoms with Crippen molar-refractivity contribution in [1.29, 1.82) is 0 Å². The molecule has 0 aliphatic heterocycles. The molecule has 2 amide bonds. The molecule has 0 aliphatic rings. The van der Waals surface area contributed by atoms with E-state index in [1.165, 1.54) is 13.3 Å². The van der Waals surface area contributed by atoms with Gasteiger partial charge < -0.3 is 15.4 Å². The number of amides is 2. The molecule has 0 saturated carbocycles. The van der Waals surface area contributed by atoms with Crippen LogP contribution in [0.1, 0.15) is 35.9 Å². The number of imidazole rings is 1. The summed E-state index contributed by atoms with van der Waals surface area (Å²) in [6.07, 6.45) is 4.67. The summed E-state index contributed by atoms with van der Waals surface area (Å²) in [6, 6.07) is 10.8. The number of carbonyl (C=O) groups excluding carboxylic acids is 2. The minimum Gasteiger partial charge on any atom is -0.497 e. The van der Waals surface area contributed by atoms with Crippen molar-refractivity contribution in [3.8, 4) is 11.6 Å². The summed E-state index contributed by atoms with van der Waals surface area (Å²) in [4.78, 5) is 32.0. The first-order chi connectivity index (χ1) is 13.5. The van der Waals surface area contributed by atoms with E-state index in [0.29, 0.717) is 11.5 Å². The molecule has 8 nitrogen and oxygen atoms in total. The second-order valence-corrected chi connectivity index (χ2v) is 6.22. The van der Waals surface area contributed by atoms with Crippen LogP contribution >= 0.6 is 0 Å². The van der Waals surface area contributed by atoms with Crippen LogP contribution in [0.25, 0.3) is 5.82 Å². The maximum absolute atomic E-state index is 12.5. The van der Waals surface area contributed by atoms with E-state index in [2.05, 4.69) is 20.6 Å². The van der Waals surface area contributed by atoms with E-state index >= 15 is 0 Å². The zero-order valence-corrected chi connectivity index (χ0v) is 15.8. The summed E-state index contributed by atoms with van der Waals surface area (Å²) < 4.78 is 6.86. The molecule has 1 aromatic carbocycles. The molecule has 0 unspecified atom stereocenters. The molecule has 0 aliphatic carbocycles. The van der Waals surface area contributed by atoms with Gasteiger partial charge in [0.05, 0.1) is 25.0 Å². The third kappa shape index (κ3) is 4.53. The quantitative estimate of drug-likeness (QED) is 0.686. The Bertz CT molecular complexity index is 982. The molecular weight excluding hydrogens is 358 g/mol. The van der Waals surface area contributed by atoms with Gasteiger partial charge in [-0.15, -0.1) is 0 Å². The Kier molecular flexibility index (Phi) is 5.69. The number of nitrogens with one attached hydrogen (secondary N) is 2. The van der Waals surface area contributed by atoms with E-state index in [4.69, 9.17) is 4.74 Å². The molecule has 1 atom stereocenters. The van der Waals surface area contributed by atoms with Crippen LogP contribution in [-0.2, 0) is 4.79 Å². The van der Waals surface area contributed by atoms with Crippen molar-refractivity contribution in [1.82, 2.24) is 19.9 Å². The molecule has 0 radical (unpaired) electrons. The number of benzene rings is 1. The molecule has 3 rings (SSSR count). The number of carbonyl (C=O) groups is 2. The molecule has 0 fully saturated rings. The highest BCUT2D eigenvalue weighted by Gasteiger charge is 2.15. The van der Waals surface area contributed by atoms with Crippen molar-refractivity contribution in [2.75, 3.05) is 12.4 Å². The summed E-state index contributed by atoms with van der Waals surface area (Å²) in [5, 5.41) is 5.57. The van der Waals surface area contributed by atoms with E-state index in [9.17, 15) is 9.59 Å². The number of pyridine rings is 1. The van der Waals surface area contributed by atoms with Gasteiger partial charge in [0, 0.05) is 13.1 Å². The van der Waals surface area contributed by atoms with Crippen molar-refractivity contribution >= 4 is 17.5 Å². The minimum atomic E-state index is -0.288. The third-order valence-corrected chi connectivity index (χ3v) is 4.09. The molecule has 0 spiro atoms. The predicted octanol–water partition coefficient (Wildman–Crippen LogP) is 2.73. The third-order valence-electron chi connectivity index (χ3n) is 4.09. The highest BCUT2D eigenvalue weighted by molar-refractivity contribution is 5.92. The maximum atomic E-state index is 12.5. The van der Waals surface area contributed by atoms with Crippen LogP contribution in [0.15, 0.2) is 55.1 Å². The van der Waals surface area contributed by atoms with Gasteiger partial charge >= 0.3 is 0 Å². The van der Waals surface area contributed by atoms with Crippen LogP contribution < -0.4 is 15.4 Å². The topological polar surface area (TPSA) is 98.1 Å². The summed E-state index contributed by atoms with van der Waals surface area (Å²) in [6.45, 7) is 3.33. The lowest BCUT2D eigenvalue weighted by Gasteiger charge is -2.14. The van der Waals surface area contributed by atoms with Crippen LogP contribution in [-0.4, -0.2) is 33.5 Å². The fourth-order valence-electron chi connectivity index (χ4n) is 2.65. The summed E-state index contributed by atoms with van der Waals surface area (Å²) in [7, 11) is 1.60. The van der Waals surface area contributed by atoms with E-state index in [1.54, 1.807) is 36.2 Å². The van der Waals surface area contributed by atoms with Crippen molar-refractivity contribution < 1.29 is 14.3 Å². The minimum absolute atomic E-state index is 0.165. The van der Waals surface area contributed by atoms with Gasteiger partial charge in [-0.3, -0.25) is 14.2 Å². The largest absolute Gasteiger partial charge is 0.497 e. The first kappa shape index (κ1) is 19.1. The van der Waals surface area contributed by atoms with Gasteiger partial charge in [-0.1, -0.05) is 12.1 Å².